The molecule has 5 heteroatoms. The summed E-state index contributed by atoms with van der Waals surface area (Å²) in [6.45, 7) is 1.79. The molecule has 0 fully saturated rings. The lowest BCUT2D eigenvalue weighted by molar-refractivity contribution is 0.773. The van der Waals surface area contributed by atoms with Gasteiger partial charge in [-0.3, -0.25) is 9.78 Å². The molecule has 0 aliphatic carbocycles. The summed E-state index contributed by atoms with van der Waals surface area (Å²) in [5.41, 5.74) is 6.83. The minimum Gasteiger partial charge on any atom is -0.323 e. The second-order valence-corrected chi connectivity index (χ2v) is 3.55. The van der Waals surface area contributed by atoms with Gasteiger partial charge in [0.05, 0.1) is 5.69 Å². The lowest BCUT2D eigenvalue weighted by Crippen LogP contribution is -2.15. The molecular formula is C11H12N4O. The fourth-order valence-corrected chi connectivity index (χ4v) is 1.35. The standard InChI is InChI=1S/C11H12N4O/c1-7(12)9-5-10(16)15-11(14-9)8-3-2-4-13-6-8/h2-7H,12H2,1H3,(H,14,15,16). The van der Waals surface area contributed by atoms with E-state index >= 15 is 0 Å². The molecule has 3 N–H and O–H groups in total. The third-order valence-corrected chi connectivity index (χ3v) is 2.16. The molecular weight excluding hydrogens is 204 g/mol. The highest BCUT2D eigenvalue weighted by Crippen LogP contribution is 2.13. The van der Waals surface area contributed by atoms with Crippen LogP contribution >= 0.6 is 0 Å². The third-order valence-electron chi connectivity index (χ3n) is 2.16. The lowest BCUT2D eigenvalue weighted by atomic mass is 10.2. The molecule has 0 saturated carbocycles. The van der Waals surface area contributed by atoms with E-state index in [-0.39, 0.29) is 11.6 Å². The number of rotatable bonds is 2. The van der Waals surface area contributed by atoms with Crippen molar-refractivity contribution in [3.8, 4) is 11.4 Å². The zero-order valence-electron chi connectivity index (χ0n) is 8.84. The van der Waals surface area contributed by atoms with Crippen LogP contribution in [0.2, 0.25) is 0 Å². The Hall–Kier alpha value is -2.01. The maximum atomic E-state index is 11.4. The Morgan fingerprint density at radius 3 is 2.94 bits per heavy atom. The van der Waals surface area contributed by atoms with Crippen molar-refractivity contribution in [3.05, 3.63) is 46.6 Å². The largest absolute Gasteiger partial charge is 0.323 e. The molecule has 0 spiro atoms. The molecule has 0 amide bonds. The van der Waals surface area contributed by atoms with Crippen molar-refractivity contribution in [1.82, 2.24) is 15.0 Å². The van der Waals surface area contributed by atoms with Crippen LogP contribution in [0, 0.1) is 0 Å². The minimum atomic E-state index is -0.266. The summed E-state index contributed by atoms with van der Waals surface area (Å²) in [6, 6.07) is 4.76. The molecule has 0 aromatic carbocycles. The van der Waals surface area contributed by atoms with Crippen LogP contribution in [0.5, 0.6) is 0 Å². The molecule has 16 heavy (non-hydrogen) atoms. The van der Waals surface area contributed by atoms with Gasteiger partial charge in [-0.25, -0.2) is 4.98 Å². The van der Waals surface area contributed by atoms with Gasteiger partial charge in [0.25, 0.3) is 5.56 Å². The molecule has 0 radical (unpaired) electrons. The van der Waals surface area contributed by atoms with Crippen LogP contribution in [0.4, 0.5) is 0 Å². The van der Waals surface area contributed by atoms with Gasteiger partial charge in [0.15, 0.2) is 0 Å². The summed E-state index contributed by atoms with van der Waals surface area (Å²) in [4.78, 5) is 22.3. The number of nitrogens with one attached hydrogen (secondary N) is 1. The van der Waals surface area contributed by atoms with E-state index in [2.05, 4.69) is 15.0 Å². The number of hydrogen-bond acceptors (Lipinski definition) is 4. The number of pyridine rings is 1. The maximum absolute atomic E-state index is 11.4. The van der Waals surface area contributed by atoms with E-state index in [1.165, 1.54) is 6.07 Å². The number of nitrogens with zero attached hydrogens (tertiary/aromatic N) is 2. The second-order valence-electron chi connectivity index (χ2n) is 3.55. The second kappa shape index (κ2) is 4.24. The molecule has 82 valence electrons. The van der Waals surface area contributed by atoms with Gasteiger partial charge in [-0.1, -0.05) is 0 Å². The zero-order chi connectivity index (χ0) is 11.5. The Kier molecular flexibility index (Phi) is 2.78. The number of nitrogens with two attached hydrogens (primary N) is 1. The van der Waals surface area contributed by atoms with Crippen molar-refractivity contribution in [1.29, 1.82) is 0 Å². The van der Waals surface area contributed by atoms with E-state index in [1.54, 1.807) is 25.4 Å². The van der Waals surface area contributed by atoms with Crippen molar-refractivity contribution >= 4 is 0 Å². The van der Waals surface area contributed by atoms with Gasteiger partial charge < -0.3 is 10.7 Å². The van der Waals surface area contributed by atoms with Gasteiger partial charge >= 0.3 is 0 Å². The molecule has 1 unspecified atom stereocenters. The number of H-pyrrole nitrogens is 1. The fraction of sp³-hybridized carbons (Fsp3) is 0.182. The first-order valence-corrected chi connectivity index (χ1v) is 4.94. The predicted molar refractivity (Wildman–Crippen MR) is 60.7 cm³/mol. The Morgan fingerprint density at radius 1 is 1.50 bits per heavy atom. The Labute approximate surface area is 92.4 Å². The first-order chi connectivity index (χ1) is 7.66. The van der Waals surface area contributed by atoms with Gasteiger partial charge in [-0.15, -0.1) is 0 Å². The molecule has 0 aliphatic rings. The highest BCUT2D eigenvalue weighted by atomic mass is 16.1. The Bertz CT molecular complexity index is 533. The highest BCUT2D eigenvalue weighted by molar-refractivity contribution is 5.52. The van der Waals surface area contributed by atoms with Crippen LogP contribution in [0.25, 0.3) is 11.4 Å². The van der Waals surface area contributed by atoms with E-state index in [4.69, 9.17) is 5.73 Å². The Balaban J connectivity index is 2.54. The molecule has 2 rings (SSSR count). The minimum absolute atomic E-state index is 0.207. The van der Waals surface area contributed by atoms with Gasteiger partial charge in [0.2, 0.25) is 0 Å². The zero-order valence-corrected chi connectivity index (χ0v) is 8.84. The molecule has 0 aliphatic heterocycles. The van der Waals surface area contributed by atoms with Crippen LogP contribution in [-0.4, -0.2) is 15.0 Å². The molecule has 0 bridgehead atoms. The van der Waals surface area contributed by atoms with Crippen LogP contribution in [0.1, 0.15) is 18.7 Å². The summed E-state index contributed by atoms with van der Waals surface area (Å²) < 4.78 is 0. The molecule has 2 aromatic heterocycles. The Morgan fingerprint density at radius 2 is 2.31 bits per heavy atom. The molecule has 2 heterocycles. The molecule has 0 saturated heterocycles. The van der Waals surface area contributed by atoms with Crippen molar-refractivity contribution in [2.45, 2.75) is 13.0 Å². The van der Waals surface area contributed by atoms with E-state index in [0.29, 0.717) is 11.5 Å². The van der Waals surface area contributed by atoms with Crippen LogP contribution in [0.15, 0.2) is 35.4 Å². The first-order valence-electron chi connectivity index (χ1n) is 4.94. The normalized spacial score (nSPS) is 12.4. The van der Waals surface area contributed by atoms with Gasteiger partial charge in [0, 0.05) is 30.1 Å². The van der Waals surface area contributed by atoms with Crippen molar-refractivity contribution in [2.24, 2.45) is 5.73 Å². The quantitative estimate of drug-likeness (QED) is 0.779. The highest BCUT2D eigenvalue weighted by Gasteiger charge is 2.06. The van der Waals surface area contributed by atoms with Crippen molar-refractivity contribution < 1.29 is 0 Å². The average molecular weight is 216 g/mol. The smallest absolute Gasteiger partial charge is 0.251 e. The van der Waals surface area contributed by atoms with E-state index in [9.17, 15) is 4.79 Å². The third kappa shape index (κ3) is 2.14. The van der Waals surface area contributed by atoms with Crippen molar-refractivity contribution in [3.63, 3.8) is 0 Å². The maximum Gasteiger partial charge on any atom is 0.251 e. The summed E-state index contributed by atoms with van der Waals surface area (Å²) in [6.07, 6.45) is 3.31. The molecule has 2 aromatic rings. The fourth-order valence-electron chi connectivity index (χ4n) is 1.35. The van der Waals surface area contributed by atoms with Crippen molar-refractivity contribution in [2.75, 3.05) is 0 Å². The van der Waals surface area contributed by atoms with Gasteiger partial charge in [-0.2, -0.15) is 0 Å². The van der Waals surface area contributed by atoms with Crippen LogP contribution < -0.4 is 11.3 Å². The van der Waals surface area contributed by atoms with Gasteiger partial charge in [0.1, 0.15) is 5.82 Å². The average Bonchev–Trinajstić information content (AvgIpc) is 2.29. The summed E-state index contributed by atoms with van der Waals surface area (Å²) in [7, 11) is 0. The van der Waals surface area contributed by atoms with Gasteiger partial charge in [-0.05, 0) is 19.1 Å². The summed E-state index contributed by atoms with van der Waals surface area (Å²) in [5.74, 6) is 0.493. The first kappa shape index (κ1) is 10.5. The number of aromatic nitrogens is 3. The lowest BCUT2D eigenvalue weighted by Gasteiger charge is -2.06. The SMILES string of the molecule is CC(N)c1cc(=O)[nH]c(-c2cccnc2)n1. The van der Waals surface area contributed by atoms with E-state index in [0.717, 1.165) is 5.56 Å². The summed E-state index contributed by atoms with van der Waals surface area (Å²) in [5, 5.41) is 0. The molecule has 1 atom stereocenters. The molecule has 5 nitrogen and oxygen atoms in total. The van der Waals surface area contributed by atoms with E-state index < -0.39 is 0 Å². The van der Waals surface area contributed by atoms with E-state index in [1.807, 2.05) is 6.07 Å². The summed E-state index contributed by atoms with van der Waals surface area (Å²) >= 11 is 0. The van der Waals surface area contributed by atoms with Crippen LogP contribution in [0.3, 0.4) is 0 Å². The number of aromatic amines is 1. The monoisotopic (exact) mass is 216 g/mol. The topological polar surface area (TPSA) is 84.7 Å². The number of hydrogen-bond donors (Lipinski definition) is 2. The predicted octanol–water partition coefficient (Wildman–Crippen LogP) is 0.852. The van der Waals surface area contributed by atoms with Crippen LogP contribution in [-0.2, 0) is 0 Å².